The van der Waals surface area contributed by atoms with Gasteiger partial charge < -0.3 is 5.11 Å². The summed E-state index contributed by atoms with van der Waals surface area (Å²) in [6, 6.07) is -0.232. The number of aliphatic carboxylic acids is 1. The summed E-state index contributed by atoms with van der Waals surface area (Å²) in [4.78, 5) is 12.8. The highest BCUT2D eigenvalue weighted by atomic mass is 16.4. The zero-order chi connectivity index (χ0) is 9.68. The number of carbonyl (C=O) groups is 1. The highest BCUT2D eigenvalue weighted by molar-refractivity contribution is 5.73. The van der Waals surface area contributed by atoms with Gasteiger partial charge in [-0.25, -0.2) is 0 Å². The van der Waals surface area contributed by atoms with E-state index in [9.17, 15) is 4.79 Å². The fourth-order valence-electron chi connectivity index (χ4n) is 1.81. The number of allylic oxidation sites excluding steroid dienone is 1. The van der Waals surface area contributed by atoms with E-state index in [1.54, 1.807) is 0 Å². The Morgan fingerprint density at radius 2 is 2.46 bits per heavy atom. The van der Waals surface area contributed by atoms with E-state index < -0.39 is 5.97 Å². The third-order valence-electron chi connectivity index (χ3n) is 2.50. The molecule has 0 bridgehead atoms. The van der Waals surface area contributed by atoms with Crippen molar-refractivity contribution in [1.82, 2.24) is 4.90 Å². The van der Waals surface area contributed by atoms with E-state index in [2.05, 4.69) is 11.5 Å². The van der Waals surface area contributed by atoms with E-state index >= 15 is 0 Å². The first-order valence-corrected chi connectivity index (χ1v) is 4.83. The SMILES string of the molecule is C=CCCCN1CCCC1C(=O)O. The first-order valence-electron chi connectivity index (χ1n) is 4.83. The van der Waals surface area contributed by atoms with Gasteiger partial charge in [-0.05, 0) is 38.8 Å². The van der Waals surface area contributed by atoms with Crippen LogP contribution in [0.2, 0.25) is 0 Å². The predicted octanol–water partition coefficient (Wildman–Crippen LogP) is 1.50. The molecule has 0 spiro atoms. The van der Waals surface area contributed by atoms with Gasteiger partial charge in [-0.1, -0.05) is 6.08 Å². The van der Waals surface area contributed by atoms with Crippen molar-refractivity contribution in [3.05, 3.63) is 12.7 Å². The lowest BCUT2D eigenvalue weighted by atomic mass is 10.2. The lowest BCUT2D eigenvalue weighted by Crippen LogP contribution is -2.36. The van der Waals surface area contributed by atoms with Crippen LogP contribution >= 0.6 is 0 Å². The smallest absolute Gasteiger partial charge is 0.320 e. The van der Waals surface area contributed by atoms with Gasteiger partial charge in [0.1, 0.15) is 6.04 Å². The molecule has 0 saturated carbocycles. The van der Waals surface area contributed by atoms with Gasteiger partial charge in [0.25, 0.3) is 0 Å². The van der Waals surface area contributed by atoms with Crippen molar-refractivity contribution in [3.8, 4) is 0 Å². The van der Waals surface area contributed by atoms with Gasteiger partial charge in [0.2, 0.25) is 0 Å². The number of likely N-dealkylation sites (tertiary alicyclic amines) is 1. The zero-order valence-corrected chi connectivity index (χ0v) is 7.91. The molecule has 0 radical (unpaired) electrons. The van der Waals surface area contributed by atoms with Gasteiger partial charge in [-0.3, -0.25) is 9.69 Å². The van der Waals surface area contributed by atoms with Gasteiger partial charge in [-0.15, -0.1) is 6.58 Å². The Kier molecular flexibility index (Phi) is 3.96. The Hall–Kier alpha value is -0.830. The molecular weight excluding hydrogens is 166 g/mol. The van der Waals surface area contributed by atoms with Crippen LogP contribution in [-0.2, 0) is 4.79 Å². The molecule has 1 heterocycles. The molecule has 1 aliphatic heterocycles. The Labute approximate surface area is 79.0 Å². The fraction of sp³-hybridized carbons (Fsp3) is 0.700. The number of carboxylic acids is 1. The summed E-state index contributed by atoms with van der Waals surface area (Å²) >= 11 is 0. The molecular formula is C10H17NO2. The molecule has 1 saturated heterocycles. The molecule has 3 nitrogen and oxygen atoms in total. The monoisotopic (exact) mass is 183 g/mol. The first-order chi connectivity index (χ1) is 6.25. The van der Waals surface area contributed by atoms with Gasteiger partial charge >= 0.3 is 5.97 Å². The molecule has 0 amide bonds. The minimum Gasteiger partial charge on any atom is -0.480 e. The molecule has 0 aromatic heterocycles. The standard InChI is InChI=1S/C10H17NO2/c1-2-3-4-7-11-8-5-6-9(11)10(12)13/h2,9H,1,3-8H2,(H,12,13). The summed E-state index contributed by atoms with van der Waals surface area (Å²) in [6.45, 7) is 5.47. The van der Waals surface area contributed by atoms with E-state index in [0.717, 1.165) is 38.8 Å². The summed E-state index contributed by atoms with van der Waals surface area (Å²) < 4.78 is 0. The molecule has 1 atom stereocenters. The number of hydrogen-bond acceptors (Lipinski definition) is 2. The summed E-state index contributed by atoms with van der Waals surface area (Å²) in [5, 5.41) is 8.88. The minimum absolute atomic E-state index is 0.232. The van der Waals surface area contributed by atoms with E-state index in [-0.39, 0.29) is 6.04 Å². The molecule has 74 valence electrons. The third kappa shape index (κ3) is 2.84. The highest BCUT2D eigenvalue weighted by Gasteiger charge is 2.29. The Morgan fingerprint density at radius 1 is 1.69 bits per heavy atom. The molecule has 0 aromatic rings. The van der Waals surface area contributed by atoms with Crippen molar-refractivity contribution >= 4 is 5.97 Å². The molecule has 1 N–H and O–H groups in total. The normalized spacial score (nSPS) is 23.2. The summed E-state index contributed by atoms with van der Waals surface area (Å²) in [5.74, 6) is -0.670. The lowest BCUT2D eigenvalue weighted by molar-refractivity contribution is -0.142. The van der Waals surface area contributed by atoms with Crippen molar-refractivity contribution in [2.75, 3.05) is 13.1 Å². The van der Waals surface area contributed by atoms with Gasteiger partial charge in [0.15, 0.2) is 0 Å². The first kappa shape index (κ1) is 10.3. The summed E-state index contributed by atoms with van der Waals surface area (Å²) in [6.07, 6.45) is 5.70. The molecule has 3 heteroatoms. The molecule has 0 aliphatic carbocycles. The van der Waals surface area contributed by atoms with Gasteiger partial charge in [0.05, 0.1) is 0 Å². The molecule has 1 aliphatic rings. The van der Waals surface area contributed by atoms with Crippen LogP contribution in [0.1, 0.15) is 25.7 Å². The molecule has 1 fully saturated rings. The second-order valence-corrected chi connectivity index (χ2v) is 3.46. The predicted molar refractivity (Wildman–Crippen MR) is 51.7 cm³/mol. The average molecular weight is 183 g/mol. The van der Waals surface area contributed by atoms with E-state index in [4.69, 9.17) is 5.11 Å². The van der Waals surface area contributed by atoms with Crippen LogP contribution < -0.4 is 0 Å². The highest BCUT2D eigenvalue weighted by Crippen LogP contribution is 2.17. The Bertz CT molecular complexity index is 191. The number of carboxylic acid groups (broad SMARTS) is 1. The van der Waals surface area contributed by atoms with Crippen molar-refractivity contribution in [1.29, 1.82) is 0 Å². The average Bonchev–Trinajstić information content (AvgIpc) is 2.53. The second-order valence-electron chi connectivity index (χ2n) is 3.46. The maximum atomic E-state index is 10.8. The molecule has 1 unspecified atom stereocenters. The Morgan fingerprint density at radius 3 is 3.08 bits per heavy atom. The van der Waals surface area contributed by atoms with E-state index in [1.165, 1.54) is 0 Å². The van der Waals surface area contributed by atoms with E-state index in [1.807, 2.05) is 6.08 Å². The van der Waals surface area contributed by atoms with Crippen LogP contribution in [0.3, 0.4) is 0 Å². The quantitative estimate of drug-likeness (QED) is 0.518. The van der Waals surface area contributed by atoms with Crippen molar-refractivity contribution in [2.45, 2.75) is 31.7 Å². The number of nitrogens with zero attached hydrogens (tertiary/aromatic N) is 1. The summed E-state index contributed by atoms with van der Waals surface area (Å²) in [7, 11) is 0. The van der Waals surface area contributed by atoms with Crippen molar-refractivity contribution in [2.24, 2.45) is 0 Å². The topological polar surface area (TPSA) is 40.5 Å². The Balaban J connectivity index is 2.31. The van der Waals surface area contributed by atoms with Crippen LogP contribution in [0.15, 0.2) is 12.7 Å². The maximum absolute atomic E-state index is 10.8. The number of hydrogen-bond donors (Lipinski definition) is 1. The summed E-state index contributed by atoms with van der Waals surface area (Å²) in [5.41, 5.74) is 0. The van der Waals surface area contributed by atoms with Crippen molar-refractivity contribution < 1.29 is 9.90 Å². The maximum Gasteiger partial charge on any atom is 0.320 e. The molecule has 13 heavy (non-hydrogen) atoms. The third-order valence-corrected chi connectivity index (χ3v) is 2.50. The van der Waals surface area contributed by atoms with E-state index in [0.29, 0.717) is 0 Å². The van der Waals surface area contributed by atoms with Crippen LogP contribution in [0, 0.1) is 0 Å². The van der Waals surface area contributed by atoms with Crippen LogP contribution in [0.5, 0.6) is 0 Å². The van der Waals surface area contributed by atoms with Gasteiger partial charge in [-0.2, -0.15) is 0 Å². The van der Waals surface area contributed by atoms with Crippen LogP contribution in [-0.4, -0.2) is 35.1 Å². The fourth-order valence-corrected chi connectivity index (χ4v) is 1.81. The van der Waals surface area contributed by atoms with Crippen molar-refractivity contribution in [3.63, 3.8) is 0 Å². The van der Waals surface area contributed by atoms with Gasteiger partial charge in [0, 0.05) is 0 Å². The zero-order valence-electron chi connectivity index (χ0n) is 7.91. The van der Waals surface area contributed by atoms with Crippen LogP contribution in [0.25, 0.3) is 0 Å². The lowest BCUT2D eigenvalue weighted by Gasteiger charge is -2.20. The minimum atomic E-state index is -0.670. The molecule has 0 aromatic carbocycles. The number of rotatable bonds is 5. The molecule has 1 rings (SSSR count). The second kappa shape index (κ2) is 5.02. The number of unbranched alkanes of at least 4 members (excludes halogenated alkanes) is 1. The van der Waals surface area contributed by atoms with Crippen LogP contribution in [0.4, 0.5) is 0 Å². The largest absolute Gasteiger partial charge is 0.480 e.